The van der Waals surface area contributed by atoms with Gasteiger partial charge in [-0.15, -0.1) is 0 Å². The first-order chi connectivity index (χ1) is 9.81. The van der Waals surface area contributed by atoms with Gasteiger partial charge in [-0.2, -0.15) is 0 Å². The van der Waals surface area contributed by atoms with Gasteiger partial charge in [-0.25, -0.2) is 0 Å². The van der Waals surface area contributed by atoms with Crippen molar-refractivity contribution in [2.45, 2.75) is 51.6 Å². The number of benzene rings is 1. The molecule has 0 heterocycles. The third-order valence-electron chi connectivity index (χ3n) is 3.75. The lowest BCUT2D eigenvalue weighted by atomic mass is 9.89. The molecule has 110 valence electrons. The van der Waals surface area contributed by atoms with Gasteiger partial charge in [0.2, 0.25) is 5.91 Å². The van der Waals surface area contributed by atoms with Crippen molar-refractivity contribution in [2.75, 3.05) is 13.2 Å². The Kier molecular flexibility index (Phi) is 6.06. The average Bonchev–Trinajstić information content (AvgIpc) is 2.47. The van der Waals surface area contributed by atoms with E-state index in [2.05, 4.69) is 29.6 Å². The van der Waals surface area contributed by atoms with E-state index in [9.17, 15) is 4.79 Å². The molecule has 2 rings (SSSR count). The van der Waals surface area contributed by atoms with E-state index in [0.717, 1.165) is 19.3 Å². The van der Waals surface area contributed by atoms with Crippen LogP contribution in [0.3, 0.4) is 0 Å². The highest BCUT2D eigenvalue weighted by Crippen LogP contribution is 2.32. The zero-order valence-electron chi connectivity index (χ0n) is 12.4. The monoisotopic (exact) mass is 275 g/mol. The van der Waals surface area contributed by atoms with E-state index in [0.29, 0.717) is 19.6 Å². The molecule has 0 aliphatic heterocycles. The number of aryl methyl sites for hydroxylation is 1. The molecule has 0 saturated carbocycles. The predicted molar refractivity (Wildman–Crippen MR) is 80.6 cm³/mol. The maximum Gasteiger partial charge on any atom is 0.219 e. The van der Waals surface area contributed by atoms with Gasteiger partial charge in [-0.3, -0.25) is 4.79 Å². The zero-order valence-corrected chi connectivity index (χ0v) is 12.4. The number of rotatable bonds is 7. The summed E-state index contributed by atoms with van der Waals surface area (Å²) in [5.74, 6) is 0.149. The van der Waals surface area contributed by atoms with Crippen molar-refractivity contribution in [2.24, 2.45) is 0 Å². The van der Waals surface area contributed by atoms with Crippen LogP contribution in [0.1, 0.15) is 56.3 Å². The molecular formula is C17H25NO2. The van der Waals surface area contributed by atoms with E-state index in [1.165, 1.54) is 24.0 Å². The Morgan fingerprint density at radius 3 is 3.10 bits per heavy atom. The van der Waals surface area contributed by atoms with Crippen molar-refractivity contribution in [3.05, 3.63) is 35.4 Å². The van der Waals surface area contributed by atoms with Crippen molar-refractivity contribution in [1.82, 2.24) is 5.32 Å². The number of amides is 1. The number of nitrogens with one attached hydrogen (secondary N) is 1. The van der Waals surface area contributed by atoms with E-state index in [4.69, 9.17) is 4.74 Å². The number of fused-ring (bicyclic) bond motifs is 1. The van der Waals surface area contributed by atoms with Crippen LogP contribution in [-0.2, 0) is 16.0 Å². The molecule has 0 fully saturated rings. The third-order valence-corrected chi connectivity index (χ3v) is 3.75. The van der Waals surface area contributed by atoms with Gasteiger partial charge in [-0.1, -0.05) is 31.2 Å². The number of carbonyl (C=O) groups is 1. The fourth-order valence-corrected chi connectivity index (χ4v) is 2.72. The number of hydrogen-bond acceptors (Lipinski definition) is 2. The summed E-state index contributed by atoms with van der Waals surface area (Å²) in [6, 6.07) is 8.58. The van der Waals surface area contributed by atoms with E-state index in [-0.39, 0.29) is 12.0 Å². The Bertz CT molecular complexity index is 431. The predicted octanol–water partition coefficient (Wildman–Crippen LogP) is 3.39. The molecule has 1 aromatic carbocycles. The minimum Gasteiger partial charge on any atom is -0.373 e. The number of hydrogen-bond donors (Lipinski definition) is 1. The highest BCUT2D eigenvalue weighted by atomic mass is 16.5. The normalized spacial score (nSPS) is 17.6. The summed E-state index contributed by atoms with van der Waals surface area (Å²) in [5, 5.41) is 2.92. The molecule has 3 heteroatoms. The molecule has 1 unspecified atom stereocenters. The van der Waals surface area contributed by atoms with Gasteiger partial charge in [0.15, 0.2) is 0 Å². The van der Waals surface area contributed by atoms with Crippen LogP contribution < -0.4 is 5.32 Å². The summed E-state index contributed by atoms with van der Waals surface area (Å²) >= 11 is 0. The molecule has 0 aromatic heterocycles. The maximum absolute atomic E-state index is 11.3. The molecule has 1 aromatic rings. The minimum absolute atomic E-state index is 0.149. The lowest BCUT2D eigenvalue weighted by Crippen LogP contribution is -2.25. The summed E-state index contributed by atoms with van der Waals surface area (Å²) in [4.78, 5) is 11.3. The second-order valence-corrected chi connectivity index (χ2v) is 5.40. The van der Waals surface area contributed by atoms with Gasteiger partial charge in [0, 0.05) is 19.6 Å². The number of ether oxygens (including phenoxy) is 1. The Labute approximate surface area is 121 Å². The highest BCUT2D eigenvalue weighted by Gasteiger charge is 2.19. The maximum atomic E-state index is 11.3. The van der Waals surface area contributed by atoms with Gasteiger partial charge in [0.1, 0.15) is 0 Å². The molecule has 1 aliphatic rings. The second-order valence-electron chi connectivity index (χ2n) is 5.40. The fourth-order valence-electron chi connectivity index (χ4n) is 2.72. The third kappa shape index (κ3) is 4.34. The Hall–Kier alpha value is -1.35. The first-order valence-corrected chi connectivity index (χ1v) is 7.77. The quantitative estimate of drug-likeness (QED) is 0.775. The van der Waals surface area contributed by atoms with Crippen LogP contribution in [0.2, 0.25) is 0 Å². The molecule has 0 spiro atoms. The largest absolute Gasteiger partial charge is 0.373 e. The van der Waals surface area contributed by atoms with Crippen LogP contribution in [0.25, 0.3) is 0 Å². The van der Waals surface area contributed by atoms with Crippen molar-refractivity contribution < 1.29 is 9.53 Å². The summed E-state index contributed by atoms with van der Waals surface area (Å²) in [7, 11) is 0. The van der Waals surface area contributed by atoms with Gasteiger partial charge >= 0.3 is 0 Å². The van der Waals surface area contributed by atoms with Crippen LogP contribution in [0.15, 0.2) is 24.3 Å². The van der Waals surface area contributed by atoms with Crippen molar-refractivity contribution >= 4 is 5.91 Å². The molecule has 1 N–H and O–H groups in total. The summed E-state index contributed by atoms with van der Waals surface area (Å²) in [6.07, 6.45) is 6.13. The Balaban J connectivity index is 1.69. The Morgan fingerprint density at radius 1 is 1.40 bits per heavy atom. The molecular weight excluding hydrogens is 250 g/mol. The average molecular weight is 275 g/mol. The summed E-state index contributed by atoms with van der Waals surface area (Å²) < 4.78 is 6.00. The van der Waals surface area contributed by atoms with Gasteiger partial charge < -0.3 is 10.1 Å². The molecule has 0 bridgehead atoms. The van der Waals surface area contributed by atoms with Crippen molar-refractivity contribution in [3.8, 4) is 0 Å². The van der Waals surface area contributed by atoms with Crippen molar-refractivity contribution in [3.63, 3.8) is 0 Å². The minimum atomic E-state index is 0.149. The van der Waals surface area contributed by atoms with Crippen LogP contribution in [0.5, 0.6) is 0 Å². The lowest BCUT2D eigenvalue weighted by molar-refractivity contribution is -0.121. The molecule has 1 aliphatic carbocycles. The van der Waals surface area contributed by atoms with Gasteiger partial charge in [-0.05, 0) is 43.2 Å². The van der Waals surface area contributed by atoms with Gasteiger partial charge in [0.05, 0.1) is 6.10 Å². The highest BCUT2D eigenvalue weighted by molar-refractivity contribution is 5.75. The molecule has 20 heavy (non-hydrogen) atoms. The zero-order chi connectivity index (χ0) is 14.2. The van der Waals surface area contributed by atoms with Crippen molar-refractivity contribution in [1.29, 1.82) is 0 Å². The smallest absolute Gasteiger partial charge is 0.219 e. The fraction of sp³-hybridized carbons (Fsp3) is 0.588. The second kappa shape index (κ2) is 8.05. The molecule has 1 amide bonds. The van der Waals surface area contributed by atoms with Crippen LogP contribution in [0, 0.1) is 0 Å². The summed E-state index contributed by atoms with van der Waals surface area (Å²) in [5.41, 5.74) is 2.79. The topological polar surface area (TPSA) is 38.3 Å². The van der Waals surface area contributed by atoms with E-state index >= 15 is 0 Å². The van der Waals surface area contributed by atoms with E-state index < -0.39 is 0 Å². The van der Waals surface area contributed by atoms with Crippen LogP contribution in [0.4, 0.5) is 0 Å². The standard InChI is InChI=1S/C17H25NO2/c1-2-7-17(19)18-12-6-13-20-16-11-5-9-14-8-3-4-10-15(14)16/h3-4,8,10,16H,2,5-7,9,11-13H2,1H3,(H,18,19). The van der Waals surface area contributed by atoms with Gasteiger partial charge in [0.25, 0.3) is 0 Å². The lowest BCUT2D eigenvalue weighted by Gasteiger charge is -2.25. The van der Waals surface area contributed by atoms with Crippen LogP contribution in [-0.4, -0.2) is 19.1 Å². The Morgan fingerprint density at radius 2 is 2.25 bits per heavy atom. The van der Waals surface area contributed by atoms with E-state index in [1.807, 2.05) is 6.92 Å². The SMILES string of the molecule is CCCC(=O)NCCCOC1CCCc2ccccc21. The first kappa shape index (κ1) is 15.0. The first-order valence-electron chi connectivity index (χ1n) is 7.77. The van der Waals surface area contributed by atoms with Crippen LogP contribution >= 0.6 is 0 Å². The van der Waals surface area contributed by atoms with E-state index in [1.54, 1.807) is 0 Å². The summed E-state index contributed by atoms with van der Waals surface area (Å²) in [6.45, 7) is 3.45. The molecule has 0 radical (unpaired) electrons. The molecule has 1 atom stereocenters. The molecule has 0 saturated heterocycles. The number of carbonyl (C=O) groups excluding carboxylic acids is 1. The molecule has 3 nitrogen and oxygen atoms in total.